The van der Waals surface area contributed by atoms with Crippen LogP contribution in [-0.4, -0.2) is 46.2 Å². The van der Waals surface area contributed by atoms with E-state index in [0.717, 1.165) is 5.56 Å². The molecule has 0 atom stereocenters. The molecule has 0 unspecified atom stereocenters. The molecule has 1 aromatic carbocycles. The van der Waals surface area contributed by atoms with E-state index in [0.29, 0.717) is 22.2 Å². The van der Waals surface area contributed by atoms with E-state index >= 15 is 0 Å². The number of hydrogen-bond acceptors (Lipinski definition) is 6. The predicted octanol–water partition coefficient (Wildman–Crippen LogP) is 2.86. The Morgan fingerprint density at radius 2 is 2.08 bits per heavy atom. The lowest BCUT2D eigenvalue weighted by molar-refractivity contribution is -0.137. The summed E-state index contributed by atoms with van der Waals surface area (Å²) in [5, 5.41) is 11.2. The Kier molecular flexibility index (Phi) is 4.89. The fourth-order valence-electron chi connectivity index (χ4n) is 2.49. The molecule has 2 heterocycles. The standard InChI is InChI=1S/C17H18N2O5S/c1-10(2)19(6-5-15(20)21)17(22)12-8-25-16(18-12)11-3-4-13-14(7-11)24-9-23-13/h3-4,7-8,10H,5-6,9H2,1-2H3,(H,20,21). The quantitative estimate of drug-likeness (QED) is 0.850. The number of aromatic nitrogens is 1. The van der Waals surface area contributed by atoms with Crippen LogP contribution < -0.4 is 9.47 Å². The van der Waals surface area contributed by atoms with Gasteiger partial charge in [-0.05, 0) is 32.0 Å². The van der Waals surface area contributed by atoms with Gasteiger partial charge in [0.1, 0.15) is 10.7 Å². The summed E-state index contributed by atoms with van der Waals surface area (Å²) in [5.74, 6) is 0.152. The molecular weight excluding hydrogens is 344 g/mol. The molecule has 3 rings (SSSR count). The number of amides is 1. The molecule has 2 aromatic rings. The Morgan fingerprint density at radius 1 is 1.32 bits per heavy atom. The summed E-state index contributed by atoms with van der Waals surface area (Å²) < 4.78 is 10.7. The van der Waals surface area contributed by atoms with E-state index in [1.54, 1.807) is 5.38 Å². The maximum Gasteiger partial charge on any atom is 0.305 e. The number of nitrogens with zero attached hydrogens (tertiary/aromatic N) is 2. The second kappa shape index (κ2) is 7.10. The van der Waals surface area contributed by atoms with Crippen LogP contribution >= 0.6 is 11.3 Å². The van der Waals surface area contributed by atoms with Crippen molar-refractivity contribution < 1.29 is 24.2 Å². The average molecular weight is 362 g/mol. The molecule has 0 bridgehead atoms. The van der Waals surface area contributed by atoms with Crippen molar-refractivity contribution in [1.29, 1.82) is 0 Å². The van der Waals surface area contributed by atoms with Gasteiger partial charge in [-0.2, -0.15) is 0 Å². The van der Waals surface area contributed by atoms with Crippen LogP contribution in [0, 0.1) is 0 Å². The van der Waals surface area contributed by atoms with Crippen LogP contribution in [0.2, 0.25) is 0 Å². The number of hydrogen-bond donors (Lipinski definition) is 1. The van der Waals surface area contributed by atoms with Gasteiger partial charge in [0.15, 0.2) is 11.5 Å². The van der Waals surface area contributed by atoms with Crippen molar-refractivity contribution in [1.82, 2.24) is 9.88 Å². The second-order valence-electron chi connectivity index (χ2n) is 5.84. The molecule has 0 spiro atoms. The first-order valence-electron chi connectivity index (χ1n) is 7.84. The molecule has 0 radical (unpaired) electrons. The van der Waals surface area contributed by atoms with E-state index in [2.05, 4.69) is 4.98 Å². The molecule has 1 N–H and O–H groups in total. The van der Waals surface area contributed by atoms with Crippen LogP contribution in [0.5, 0.6) is 11.5 Å². The molecule has 0 aliphatic carbocycles. The van der Waals surface area contributed by atoms with E-state index in [-0.39, 0.29) is 31.7 Å². The summed E-state index contributed by atoms with van der Waals surface area (Å²) in [4.78, 5) is 29.4. The minimum Gasteiger partial charge on any atom is -0.481 e. The Bertz CT molecular complexity index is 802. The first-order chi connectivity index (χ1) is 12.0. The summed E-state index contributed by atoms with van der Waals surface area (Å²) in [7, 11) is 0. The normalized spacial score (nSPS) is 12.4. The molecular formula is C17H18N2O5S. The summed E-state index contributed by atoms with van der Waals surface area (Å²) in [6.07, 6.45) is -0.0942. The fourth-order valence-corrected chi connectivity index (χ4v) is 3.28. The van der Waals surface area contributed by atoms with Crippen molar-refractivity contribution >= 4 is 23.2 Å². The first kappa shape index (κ1) is 17.2. The molecule has 0 fully saturated rings. The highest BCUT2D eigenvalue weighted by Gasteiger charge is 2.23. The van der Waals surface area contributed by atoms with Crippen molar-refractivity contribution in [3.8, 4) is 22.1 Å². The van der Waals surface area contributed by atoms with Crippen LogP contribution in [0.1, 0.15) is 30.8 Å². The van der Waals surface area contributed by atoms with E-state index in [4.69, 9.17) is 14.6 Å². The van der Waals surface area contributed by atoms with E-state index in [9.17, 15) is 9.59 Å². The third-order valence-corrected chi connectivity index (χ3v) is 4.68. The average Bonchev–Trinajstić information content (AvgIpc) is 3.22. The van der Waals surface area contributed by atoms with Crippen molar-refractivity contribution in [2.24, 2.45) is 0 Å². The molecule has 132 valence electrons. The van der Waals surface area contributed by atoms with Crippen LogP contribution in [-0.2, 0) is 4.79 Å². The zero-order valence-corrected chi connectivity index (χ0v) is 14.7. The Hall–Kier alpha value is -2.61. The summed E-state index contributed by atoms with van der Waals surface area (Å²) >= 11 is 1.36. The summed E-state index contributed by atoms with van der Waals surface area (Å²) in [5.41, 5.74) is 1.16. The molecule has 1 aliphatic heterocycles. The molecule has 1 aliphatic rings. The van der Waals surface area contributed by atoms with E-state index < -0.39 is 5.97 Å². The minimum atomic E-state index is -0.933. The fraction of sp³-hybridized carbons (Fsp3) is 0.353. The van der Waals surface area contributed by atoms with Gasteiger partial charge in [0.25, 0.3) is 5.91 Å². The SMILES string of the molecule is CC(C)N(CCC(=O)O)C(=O)c1csc(-c2ccc3c(c2)OCO3)n1. The number of rotatable bonds is 6. The number of ether oxygens (including phenoxy) is 2. The number of thiazole rings is 1. The zero-order chi connectivity index (χ0) is 18.0. The highest BCUT2D eigenvalue weighted by molar-refractivity contribution is 7.13. The monoisotopic (exact) mass is 362 g/mol. The lowest BCUT2D eigenvalue weighted by Gasteiger charge is -2.25. The van der Waals surface area contributed by atoms with Gasteiger partial charge in [0, 0.05) is 23.5 Å². The summed E-state index contributed by atoms with van der Waals surface area (Å²) in [6, 6.07) is 5.40. The Morgan fingerprint density at radius 3 is 2.80 bits per heavy atom. The van der Waals surface area contributed by atoms with E-state index in [1.165, 1.54) is 16.2 Å². The molecule has 25 heavy (non-hydrogen) atoms. The topological polar surface area (TPSA) is 89.0 Å². The van der Waals surface area contributed by atoms with Gasteiger partial charge < -0.3 is 19.5 Å². The van der Waals surface area contributed by atoms with Crippen molar-refractivity contribution in [3.05, 3.63) is 29.3 Å². The molecule has 1 amide bonds. The van der Waals surface area contributed by atoms with E-state index in [1.807, 2.05) is 32.0 Å². The van der Waals surface area contributed by atoms with Gasteiger partial charge in [-0.1, -0.05) is 0 Å². The van der Waals surface area contributed by atoms with Crippen LogP contribution in [0.4, 0.5) is 0 Å². The maximum atomic E-state index is 12.7. The van der Waals surface area contributed by atoms with Crippen molar-refractivity contribution in [3.63, 3.8) is 0 Å². The van der Waals surface area contributed by atoms with Gasteiger partial charge in [-0.25, -0.2) is 4.98 Å². The number of benzene rings is 1. The Balaban J connectivity index is 1.79. The molecule has 8 heteroatoms. The molecule has 0 saturated carbocycles. The minimum absolute atomic E-state index is 0.0942. The van der Waals surface area contributed by atoms with Gasteiger partial charge in [-0.15, -0.1) is 11.3 Å². The smallest absolute Gasteiger partial charge is 0.305 e. The predicted molar refractivity (Wildman–Crippen MR) is 92.1 cm³/mol. The van der Waals surface area contributed by atoms with Gasteiger partial charge in [0.05, 0.1) is 6.42 Å². The lowest BCUT2D eigenvalue weighted by Crippen LogP contribution is -2.38. The third kappa shape index (κ3) is 3.74. The molecule has 0 saturated heterocycles. The lowest BCUT2D eigenvalue weighted by atomic mass is 10.2. The zero-order valence-electron chi connectivity index (χ0n) is 13.9. The van der Waals surface area contributed by atoms with Crippen LogP contribution in [0.3, 0.4) is 0 Å². The number of aliphatic carboxylic acids is 1. The molecule has 1 aromatic heterocycles. The number of carbonyl (C=O) groups excluding carboxylic acids is 1. The van der Waals surface area contributed by atoms with Crippen molar-refractivity contribution in [2.75, 3.05) is 13.3 Å². The number of carboxylic acids is 1. The Labute approximate surface area is 148 Å². The largest absolute Gasteiger partial charge is 0.481 e. The van der Waals surface area contributed by atoms with Gasteiger partial charge in [-0.3, -0.25) is 9.59 Å². The van der Waals surface area contributed by atoms with Crippen LogP contribution in [0.15, 0.2) is 23.6 Å². The third-order valence-electron chi connectivity index (χ3n) is 3.79. The molecule has 7 nitrogen and oxygen atoms in total. The first-order valence-corrected chi connectivity index (χ1v) is 8.72. The van der Waals surface area contributed by atoms with Crippen LogP contribution in [0.25, 0.3) is 10.6 Å². The number of fused-ring (bicyclic) bond motifs is 1. The highest BCUT2D eigenvalue weighted by Crippen LogP contribution is 2.36. The highest BCUT2D eigenvalue weighted by atomic mass is 32.1. The number of carbonyl (C=O) groups is 2. The van der Waals surface area contributed by atoms with Crippen molar-refractivity contribution in [2.45, 2.75) is 26.3 Å². The number of carboxylic acid groups (broad SMARTS) is 1. The van der Waals surface area contributed by atoms with Gasteiger partial charge in [0.2, 0.25) is 6.79 Å². The summed E-state index contributed by atoms with van der Waals surface area (Å²) in [6.45, 7) is 4.06. The van der Waals surface area contributed by atoms with Gasteiger partial charge >= 0.3 is 5.97 Å². The maximum absolute atomic E-state index is 12.7. The second-order valence-corrected chi connectivity index (χ2v) is 6.70.